The molecule has 4 nitrogen and oxygen atoms in total. The average molecular weight is 745 g/mol. The van der Waals surface area contributed by atoms with Crippen LogP contribution in [0.25, 0.3) is 10.8 Å². The van der Waals surface area contributed by atoms with Crippen LogP contribution in [0.5, 0.6) is 0 Å². The Labute approximate surface area is 335 Å². The van der Waals surface area contributed by atoms with Crippen molar-refractivity contribution in [2.75, 3.05) is 11.5 Å². The molecule has 0 fully saturated rings. The van der Waals surface area contributed by atoms with E-state index in [9.17, 15) is 0 Å². The van der Waals surface area contributed by atoms with E-state index in [4.69, 9.17) is 22.3 Å². The SMILES string of the molecule is CCCCCCCCCCCCCCCCCCCC(=N)c1cccc2cc(N)c(N)c(C(=N)CCCCCCCCCCCCCCCCCCC)c12. The molecule has 0 unspecified atom stereocenters. The standard InChI is InChI=1S/C50H88N4/c1-3-5-7-9-11-13-15-17-19-21-23-25-27-29-31-33-35-40-45(51)44-39-37-38-43-42-47(53)50(54)49(48(43)44)46(52)41-36-34-32-30-28-26-24-22-20-18-16-14-12-10-8-6-4-2/h37-39,42,51-52H,3-36,40-41,53-54H2,1-2H3. The third kappa shape index (κ3) is 21.7. The Morgan fingerprint density at radius 1 is 0.426 bits per heavy atom. The van der Waals surface area contributed by atoms with Crippen LogP contribution in [-0.4, -0.2) is 11.4 Å². The molecule has 0 radical (unpaired) electrons. The minimum atomic E-state index is 0.512. The molecule has 6 N–H and O–H groups in total. The lowest BCUT2D eigenvalue weighted by Gasteiger charge is -2.17. The number of nitrogens with two attached hydrogens (primary N) is 2. The second kappa shape index (κ2) is 32.8. The van der Waals surface area contributed by atoms with Crippen LogP contribution >= 0.6 is 0 Å². The zero-order chi connectivity index (χ0) is 38.9. The van der Waals surface area contributed by atoms with Gasteiger partial charge < -0.3 is 22.3 Å². The molecule has 0 spiro atoms. The van der Waals surface area contributed by atoms with Crippen molar-refractivity contribution in [3.05, 3.63) is 35.4 Å². The lowest BCUT2D eigenvalue weighted by Crippen LogP contribution is -2.11. The summed E-state index contributed by atoms with van der Waals surface area (Å²) in [6, 6.07) is 8.08. The second-order valence-corrected chi connectivity index (χ2v) is 16.9. The van der Waals surface area contributed by atoms with E-state index in [2.05, 4.69) is 26.0 Å². The van der Waals surface area contributed by atoms with Gasteiger partial charge in [0.25, 0.3) is 0 Å². The van der Waals surface area contributed by atoms with Crippen molar-refractivity contribution >= 4 is 33.6 Å². The van der Waals surface area contributed by atoms with Gasteiger partial charge in [0.05, 0.1) is 11.4 Å². The van der Waals surface area contributed by atoms with E-state index >= 15 is 0 Å². The first-order valence-electron chi connectivity index (χ1n) is 23.8. The van der Waals surface area contributed by atoms with Crippen LogP contribution in [0.2, 0.25) is 0 Å². The Morgan fingerprint density at radius 3 is 1.09 bits per heavy atom. The van der Waals surface area contributed by atoms with E-state index in [1.807, 2.05) is 12.1 Å². The number of anilines is 2. The highest BCUT2D eigenvalue weighted by Crippen LogP contribution is 2.34. The highest BCUT2D eigenvalue weighted by molar-refractivity contribution is 6.21. The predicted octanol–water partition coefficient (Wildman–Crippen LogP) is 16.8. The quantitative estimate of drug-likeness (QED) is 0.0313. The normalized spacial score (nSPS) is 11.5. The Kier molecular flexibility index (Phi) is 29.1. The molecule has 0 aromatic heterocycles. The van der Waals surface area contributed by atoms with Crippen LogP contribution in [0.3, 0.4) is 0 Å². The summed E-state index contributed by atoms with van der Waals surface area (Å²) in [4.78, 5) is 0. The predicted molar refractivity (Wildman–Crippen MR) is 244 cm³/mol. The zero-order valence-corrected chi connectivity index (χ0v) is 35.9. The molecule has 0 bridgehead atoms. The van der Waals surface area contributed by atoms with Gasteiger partial charge in [-0.2, -0.15) is 0 Å². The Hall–Kier alpha value is -2.36. The first-order valence-corrected chi connectivity index (χ1v) is 23.8. The van der Waals surface area contributed by atoms with Crippen molar-refractivity contribution in [3.8, 4) is 0 Å². The lowest BCUT2D eigenvalue weighted by molar-refractivity contribution is 0.528. The maximum Gasteiger partial charge on any atom is 0.0646 e. The van der Waals surface area contributed by atoms with Gasteiger partial charge >= 0.3 is 0 Å². The number of nitrogens with one attached hydrogen (secondary N) is 2. The fraction of sp³-hybridized carbons (Fsp3) is 0.760. The fourth-order valence-corrected chi connectivity index (χ4v) is 8.37. The van der Waals surface area contributed by atoms with Gasteiger partial charge in [-0.15, -0.1) is 0 Å². The summed E-state index contributed by atoms with van der Waals surface area (Å²) in [5, 5.41) is 20.1. The number of nitrogen functional groups attached to an aromatic ring is 2. The average Bonchev–Trinajstić information content (AvgIpc) is 3.17. The number of hydrogen-bond acceptors (Lipinski definition) is 4. The molecular weight excluding hydrogens is 657 g/mol. The zero-order valence-electron chi connectivity index (χ0n) is 35.9. The summed E-state index contributed by atoms with van der Waals surface area (Å²) in [6.45, 7) is 4.58. The van der Waals surface area contributed by atoms with Crippen molar-refractivity contribution in [2.24, 2.45) is 0 Å². The molecule has 0 aliphatic rings. The van der Waals surface area contributed by atoms with E-state index in [1.165, 1.54) is 199 Å². The first-order chi connectivity index (χ1) is 26.5. The van der Waals surface area contributed by atoms with Gasteiger partial charge in [-0.3, -0.25) is 0 Å². The highest BCUT2D eigenvalue weighted by atomic mass is 14.7. The third-order valence-corrected chi connectivity index (χ3v) is 11.9. The first kappa shape index (κ1) is 47.8. The molecule has 0 aliphatic heterocycles. The lowest BCUT2D eigenvalue weighted by atomic mass is 9.89. The minimum Gasteiger partial charge on any atom is -0.397 e. The molecule has 2 aromatic carbocycles. The second-order valence-electron chi connectivity index (χ2n) is 16.9. The molecule has 2 aromatic rings. The van der Waals surface area contributed by atoms with E-state index in [1.54, 1.807) is 0 Å². The van der Waals surface area contributed by atoms with Gasteiger partial charge in [0, 0.05) is 27.9 Å². The smallest absolute Gasteiger partial charge is 0.0646 e. The Morgan fingerprint density at radius 2 is 0.741 bits per heavy atom. The van der Waals surface area contributed by atoms with Crippen LogP contribution in [0, 0.1) is 10.8 Å². The van der Waals surface area contributed by atoms with Crippen molar-refractivity contribution in [2.45, 2.75) is 245 Å². The van der Waals surface area contributed by atoms with Gasteiger partial charge in [0.1, 0.15) is 0 Å². The van der Waals surface area contributed by atoms with Crippen LogP contribution in [0.15, 0.2) is 24.3 Å². The van der Waals surface area contributed by atoms with E-state index in [-0.39, 0.29) is 0 Å². The topological polar surface area (TPSA) is 99.7 Å². The summed E-state index contributed by atoms with van der Waals surface area (Å²) in [5.41, 5.74) is 17.0. The maximum absolute atomic E-state index is 9.11. The number of rotatable bonds is 38. The van der Waals surface area contributed by atoms with Gasteiger partial charge in [-0.05, 0) is 37.1 Å². The third-order valence-electron chi connectivity index (χ3n) is 11.9. The highest BCUT2D eigenvalue weighted by Gasteiger charge is 2.18. The molecule has 0 amide bonds. The summed E-state index contributed by atoms with van der Waals surface area (Å²) in [7, 11) is 0. The van der Waals surface area contributed by atoms with Crippen molar-refractivity contribution < 1.29 is 0 Å². The monoisotopic (exact) mass is 745 g/mol. The van der Waals surface area contributed by atoms with Crippen LogP contribution in [0.1, 0.15) is 256 Å². The van der Waals surface area contributed by atoms with Crippen molar-refractivity contribution in [3.63, 3.8) is 0 Å². The summed E-state index contributed by atoms with van der Waals surface area (Å²) < 4.78 is 0. The fourth-order valence-electron chi connectivity index (χ4n) is 8.37. The molecule has 308 valence electrons. The number of unbranched alkanes of at least 4 members (excludes halogenated alkanes) is 32. The summed E-state index contributed by atoms with van der Waals surface area (Å²) >= 11 is 0. The number of hydrogen-bond donors (Lipinski definition) is 4. The van der Waals surface area contributed by atoms with Crippen molar-refractivity contribution in [1.29, 1.82) is 10.8 Å². The summed E-state index contributed by atoms with van der Waals surface area (Å²) in [5.74, 6) is 0. The van der Waals surface area contributed by atoms with Gasteiger partial charge in [0.15, 0.2) is 0 Å². The molecular formula is C50H88N4. The molecule has 0 atom stereocenters. The van der Waals surface area contributed by atoms with Crippen LogP contribution in [0.4, 0.5) is 11.4 Å². The van der Waals surface area contributed by atoms with Gasteiger partial charge in [-0.1, -0.05) is 238 Å². The molecule has 54 heavy (non-hydrogen) atoms. The molecule has 4 heteroatoms. The number of benzene rings is 2. The molecule has 0 aliphatic carbocycles. The van der Waals surface area contributed by atoms with E-state index < -0.39 is 0 Å². The Bertz CT molecular complexity index is 1230. The minimum absolute atomic E-state index is 0.512. The van der Waals surface area contributed by atoms with Gasteiger partial charge in [-0.25, -0.2) is 0 Å². The maximum atomic E-state index is 9.11. The summed E-state index contributed by atoms with van der Waals surface area (Å²) in [6.07, 6.45) is 47.6. The number of fused-ring (bicyclic) bond motifs is 1. The molecule has 2 rings (SSSR count). The van der Waals surface area contributed by atoms with E-state index in [0.29, 0.717) is 29.2 Å². The molecule has 0 saturated heterocycles. The largest absolute Gasteiger partial charge is 0.397 e. The van der Waals surface area contributed by atoms with Crippen LogP contribution in [-0.2, 0) is 0 Å². The Balaban J connectivity index is 1.62. The molecule has 0 heterocycles. The van der Waals surface area contributed by atoms with Gasteiger partial charge in [0.2, 0.25) is 0 Å². The van der Waals surface area contributed by atoms with Crippen LogP contribution < -0.4 is 11.5 Å². The van der Waals surface area contributed by atoms with Crippen molar-refractivity contribution in [1.82, 2.24) is 0 Å². The van der Waals surface area contributed by atoms with E-state index in [0.717, 1.165) is 47.6 Å². The molecule has 0 saturated carbocycles.